The van der Waals surface area contributed by atoms with Gasteiger partial charge in [-0.15, -0.1) is 0 Å². The minimum Gasteiger partial charge on any atom is -0.381 e. The molecule has 1 saturated carbocycles. The lowest BCUT2D eigenvalue weighted by Gasteiger charge is -2.29. The quantitative estimate of drug-likeness (QED) is 0.679. The molecule has 0 aliphatic heterocycles. The van der Waals surface area contributed by atoms with Crippen LogP contribution in [0.15, 0.2) is 0 Å². The summed E-state index contributed by atoms with van der Waals surface area (Å²) in [5, 5.41) is 12.4. The lowest BCUT2D eigenvalue weighted by molar-refractivity contribution is -0.138. The fourth-order valence-electron chi connectivity index (χ4n) is 1.71. The van der Waals surface area contributed by atoms with E-state index in [0.717, 1.165) is 12.8 Å². The van der Waals surface area contributed by atoms with Gasteiger partial charge >= 0.3 is 0 Å². The molecule has 0 unspecified atom stereocenters. The first-order valence-electron chi connectivity index (χ1n) is 4.88. The van der Waals surface area contributed by atoms with Crippen molar-refractivity contribution in [2.75, 3.05) is 0 Å². The van der Waals surface area contributed by atoms with Crippen LogP contribution in [-0.2, 0) is 4.79 Å². The van der Waals surface area contributed by atoms with E-state index in [9.17, 15) is 9.90 Å². The van der Waals surface area contributed by atoms with Gasteiger partial charge in [0, 0.05) is 5.54 Å². The van der Waals surface area contributed by atoms with Crippen molar-refractivity contribution >= 4 is 5.91 Å². The Balaban J connectivity index is 2.53. The maximum atomic E-state index is 11.5. The molecule has 1 rings (SSSR count). The number of hydrogen-bond acceptors (Lipinski definition) is 2. The Morgan fingerprint density at radius 2 is 1.85 bits per heavy atom. The average Bonchev–Trinajstić information content (AvgIpc) is 2.33. The molecule has 0 heterocycles. The summed E-state index contributed by atoms with van der Waals surface area (Å²) in [7, 11) is 0. The summed E-state index contributed by atoms with van der Waals surface area (Å²) >= 11 is 0. The second-order valence-electron chi connectivity index (χ2n) is 4.78. The largest absolute Gasteiger partial charge is 0.381 e. The molecule has 0 bridgehead atoms. The molecule has 3 nitrogen and oxygen atoms in total. The Kier molecular flexibility index (Phi) is 2.66. The minimum absolute atomic E-state index is 0.0862. The van der Waals surface area contributed by atoms with Crippen LogP contribution >= 0.6 is 0 Å². The zero-order valence-electron chi connectivity index (χ0n) is 8.68. The Morgan fingerprint density at radius 1 is 1.38 bits per heavy atom. The van der Waals surface area contributed by atoms with Crippen LogP contribution in [0.4, 0.5) is 0 Å². The second-order valence-corrected chi connectivity index (χ2v) is 4.78. The molecular weight excluding hydrogens is 166 g/mol. The van der Waals surface area contributed by atoms with E-state index in [2.05, 4.69) is 5.32 Å². The molecule has 1 amide bonds. The van der Waals surface area contributed by atoms with E-state index >= 15 is 0 Å². The predicted molar refractivity (Wildman–Crippen MR) is 51.3 cm³/mol. The van der Waals surface area contributed by atoms with Crippen molar-refractivity contribution in [2.45, 2.75) is 57.6 Å². The number of aliphatic hydroxyl groups is 1. The number of carbonyl (C=O) groups is 1. The van der Waals surface area contributed by atoms with E-state index < -0.39 is 5.60 Å². The van der Waals surface area contributed by atoms with Gasteiger partial charge in [-0.2, -0.15) is 0 Å². The van der Waals surface area contributed by atoms with Crippen molar-refractivity contribution in [3.8, 4) is 0 Å². The maximum absolute atomic E-state index is 11.5. The lowest BCUT2D eigenvalue weighted by atomic mass is 9.98. The normalized spacial score (nSPS) is 21.5. The fraction of sp³-hybridized carbons (Fsp3) is 0.900. The molecule has 1 fully saturated rings. The highest BCUT2D eigenvalue weighted by molar-refractivity contribution is 5.84. The fourth-order valence-corrected chi connectivity index (χ4v) is 1.71. The van der Waals surface area contributed by atoms with Crippen molar-refractivity contribution in [1.29, 1.82) is 0 Å². The SMILES string of the molecule is CC1(NC(=O)C(C)(C)O)CCCC1. The van der Waals surface area contributed by atoms with Gasteiger partial charge in [0.1, 0.15) is 5.60 Å². The lowest BCUT2D eigenvalue weighted by Crippen LogP contribution is -2.51. The van der Waals surface area contributed by atoms with Crippen LogP contribution in [0.2, 0.25) is 0 Å². The van der Waals surface area contributed by atoms with Crippen LogP contribution in [-0.4, -0.2) is 22.2 Å². The molecule has 1 aliphatic carbocycles. The first kappa shape index (κ1) is 10.5. The van der Waals surface area contributed by atoms with Crippen molar-refractivity contribution in [3.05, 3.63) is 0 Å². The Morgan fingerprint density at radius 3 is 2.23 bits per heavy atom. The van der Waals surface area contributed by atoms with E-state index in [1.807, 2.05) is 6.92 Å². The molecule has 0 spiro atoms. The number of rotatable bonds is 2. The molecule has 1 aliphatic rings. The van der Waals surface area contributed by atoms with E-state index in [0.29, 0.717) is 0 Å². The van der Waals surface area contributed by atoms with Gasteiger partial charge in [-0.1, -0.05) is 12.8 Å². The van der Waals surface area contributed by atoms with Crippen LogP contribution in [0.25, 0.3) is 0 Å². The third-order valence-electron chi connectivity index (χ3n) is 2.68. The smallest absolute Gasteiger partial charge is 0.251 e. The summed E-state index contributed by atoms with van der Waals surface area (Å²) in [6.07, 6.45) is 4.38. The molecule has 13 heavy (non-hydrogen) atoms. The van der Waals surface area contributed by atoms with Gasteiger partial charge in [0.2, 0.25) is 0 Å². The van der Waals surface area contributed by atoms with Gasteiger partial charge < -0.3 is 10.4 Å². The van der Waals surface area contributed by atoms with Crippen molar-refractivity contribution in [2.24, 2.45) is 0 Å². The molecule has 0 aromatic carbocycles. The monoisotopic (exact) mass is 185 g/mol. The number of carbonyl (C=O) groups excluding carboxylic acids is 1. The summed E-state index contributed by atoms with van der Waals surface area (Å²) in [6, 6.07) is 0. The van der Waals surface area contributed by atoms with Gasteiger partial charge in [-0.25, -0.2) is 0 Å². The summed E-state index contributed by atoms with van der Waals surface area (Å²) < 4.78 is 0. The molecule has 0 saturated heterocycles. The zero-order chi connectivity index (χ0) is 10.1. The number of hydrogen-bond donors (Lipinski definition) is 2. The average molecular weight is 185 g/mol. The van der Waals surface area contributed by atoms with Crippen LogP contribution in [0.1, 0.15) is 46.5 Å². The molecule has 0 aromatic rings. The molecule has 3 heteroatoms. The first-order chi connectivity index (χ1) is 5.83. The van der Waals surface area contributed by atoms with E-state index in [1.54, 1.807) is 0 Å². The maximum Gasteiger partial charge on any atom is 0.251 e. The summed E-state index contributed by atoms with van der Waals surface area (Å²) in [6.45, 7) is 5.07. The van der Waals surface area contributed by atoms with Gasteiger partial charge in [0.05, 0.1) is 0 Å². The van der Waals surface area contributed by atoms with Crippen molar-refractivity contribution < 1.29 is 9.90 Å². The molecule has 0 radical (unpaired) electrons. The number of amides is 1. The minimum atomic E-state index is -1.26. The van der Waals surface area contributed by atoms with Gasteiger partial charge in [-0.05, 0) is 33.6 Å². The second kappa shape index (κ2) is 3.29. The molecule has 0 atom stereocenters. The summed E-state index contributed by atoms with van der Waals surface area (Å²) in [4.78, 5) is 11.5. The van der Waals surface area contributed by atoms with E-state index in [4.69, 9.17) is 0 Å². The van der Waals surface area contributed by atoms with Crippen molar-refractivity contribution in [3.63, 3.8) is 0 Å². The standard InChI is InChI=1S/C10H19NO2/c1-9(2,13)8(12)11-10(3)6-4-5-7-10/h13H,4-7H2,1-3H3,(H,11,12). The van der Waals surface area contributed by atoms with Crippen LogP contribution in [0.5, 0.6) is 0 Å². The molecule has 2 N–H and O–H groups in total. The zero-order valence-corrected chi connectivity index (χ0v) is 8.68. The molecule has 76 valence electrons. The van der Waals surface area contributed by atoms with Crippen LogP contribution in [0, 0.1) is 0 Å². The molecular formula is C10H19NO2. The van der Waals surface area contributed by atoms with Gasteiger partial charge in [-0.3, -0.25) is 4.79 Å². The summed E-state index contributed by atoms with van der Waals surface area (Å²) in [5.74, 6) is -0.267. The highest BCUT2D eigenvalue weighted by atomic mass is 16.3. The van der Waals surface area contributed by atoms with E-state index in [1.165, 1.54) is 26.7 Å². The highest BCUT2D eigenvalue weighted by Crippen LogP contribution is 2.29. The molecule has 0 aromatic heterocycles. The van der Waals surface area contributed by atoms with E-state index in [-0.39, 0.29) is 11.4 Å². The predicted octanol–water partition coefficient (Wildman–Crippen LogP) is 1.21. The number of nitrogens with one attached hydrogen (secondary N) is 1. The van der Waals surface area contributed by atoms with Gasteiger partial charge in [0.25, 0.3) is 5.91 Å². The third kappa shape index (κ3) is 2.69. The third-order valence-corrected chi connectivity index (χ3v) is 2.68. The van der Waals surface area contributed by atoms with Gasteiger partial charge in [0.15, 0.2) is 0 Å². The Labute approximate surface area is 79.5 Å². The Bertz CT molecular complexity index is 199. The Hall–Kier alpha value is -0.570. The summed E-state index contributed by atoms with van der Waals surface area (Å²) in [5.41, 5.74) is -1.34. The highest BCUT2D eigenvalue weighted by Gasteiger charge is 2.34. The van der Waals surface area contributed by atoms with Crippen molar-refractivity contribution in [1.82, 2.24) is 5.32 Å². The van der Waals surface area contributed by atoms with Crippen LogP contribution in [0.3, 0.4) is 0 Å². The topological polar surface area (TPSA) is 49.3 Å². The van der Waals surface area contributed by atoms with Crippen LogP contribution < -0.4 is 5.32 Å². The first-order valence-corrected chi connectivity index (χ1v) is 4.88.